The van der Waals surface area contributed by atoms with E-state index in [0.717, 1.165) is 17.1 Å². The molecule has 6 nitrogen and oxygen atoms in total. The van der Waals surface area contributed by atoms with Gasteiger partial charge in [0, 0.05) is 29.8 Å². The molecule has 1 aromatic heterocycles. The number of primary amides is 1. The maximum atomic E-state index is 12.1. The molecule has 0 aliphatic carbocycles. The first kappa shape index (κ1) is 17.3. The van der Waals surface area contributed by atoms with E-state index in [2.05, 4.69) is 10.6 Å². The third-order valence-corrected chi connectivity index (χ3v) is 3.75. The summed E-state index contributed by atoms with van der Waals surface area (Å²) >= 11 is 0. The van der Waals surface area contributed by atoms with Crippen molar-refractivity contribution in [2.75, 3.05) is 10.6 Å². The number of benzene rings is 2. The van der Waals surface area contributed by atoms with Gasteiger partial charge < -0.3 is 20.8 Å². The maximum absolute atomic E-state index is 12.1. The molecule has 3 aromatic rings. The first-order chi connectivity index (χ1) is 12.6. The Kier molecular flexibility index (Phi) is 5.34. The predicted octanol–water partition coefficient (Wildman–Crippen LogP) is 4.01. The molecule has 0 aliphatic heterocycles. The average molecular weight is 349 g/mol. The third-order valence-electron chi connectivity index (χ3n) is 3.75. The zero-order valence-electron chi connectivity index (χ0n) is 14.1. The minimum atomic E-state index is -0.630. The van der Waals surface area contributed by atoms with Crippen molar-refractivity contribution in [1.29, 1.82) is 0 Å². The lowest BCUT2D eigenvalue weighted by molar-refractivity contribution is -0.116. The number of furan rings is 1. The largest absolute Gasteiger partial charge is 0.461 e. The van der Waals surface area contributed by atoms with Gasteiger partial charge in [0.1, 0.15) is 11.5 Å². The Bertz CT molecular complexity index is 886. The van der Waals surface area contributed by atoms with Crippen molar-refractivity contribution >= 4 is 23.3 Å². The van der Waals surface area contributed by atoms with Crippen LogP contribution in [-0.2, 0) is 11.2 Å². The highest BCUT2D eigenvalue weighted by atomic mass is 16.3. The van der Waals surface area contributed by atoms with Crippen LogP contribution in [0.1, 0.15) is 12.2 Å². The van der Waals surface area contributed by atoms with Crippen LogP contribution in [0.15, 0.2) is 71.1 Å². The molecule has 0 atom stereocenters. The Morgan fingerprint density at radius 2 is 1.50 bits per heavy atom. The van der Waals surface area contributed by atoms with E-state index in [1.54, 1.807) is 24.3 Å². The number of aryl methyl sites for hydroxylation is 1. The van der Waals surface area contributed by atoms with Gasteiger partial charge in [-0.15, -0.1) is 0 Å². The zero-order valence-corrected chi connectivity index (χ0v) is 14.1. The Labute approximate surface area is 151 Å². The number of hydrogen-bond acceptors (Lipinski definition) is 3. The Hall–Kier alpha value is -3.54. The molecule has 0 saturated heterocycles. The molecule has 0 saturated carbocycles. The SMILES string of the molecule is NC(=O)Nc1ccc(NC(=O)CCc2ccc(-c3ccccc3)o2)cc1. The normalized spacial score (nSPS) is 10.3. The second-order valence-corrected chi connectivity index (χ2v) is 5.75. The molecule has 1 heterocycles. The first-order valence-electron chi connectivity index (χ1n) is 8.21. The van der Waals surface area contributed by atoms with Crippen LogP contribution in [0.3, 0.4) is 0 Å². The number of nitrogens with two attached hydrogens (primary N) is 1. The van der Waals surface area contributed by atoms with Gasteiger partial charge in [-0.05, 0) is 36.4 Å². The van der Waals surface area contributed by atoms with E-state index in [1.165, 1.54) is 0 Å². The van der Waals surface area contributed by atoms with Crippen molar-refractivity contribution in [3.63, 3.8) is 0 Å². The van der Waals surface area contributed by atoms with Crippen molar-refractivity contribution in [1.82, 2.24) is 0 Å². The summed E-state index contributed by atoms with van der Waals surface area (Å²) in [5.41, 5.74) is 7.27. The van der Waals surface area contributed by atoms with E-state index in [-0.39, 0.29) is 5.91 Å². The molecular weight excluding hydrogens is 330 g/mol. The number of carbonyl (C=O) groups excluding carboxylic acids is 2. The zero-order chi connectivity index (χ0) is 18.4. The Morgan fingerprint density at radius 1 is 0.846 bits per heavy atom. The Morgan fingerprint density at radius 3 is 2.15 bits per heavy atom. The van der Waals surface area contributed by atoms with Gasteiger partial charge in [0.05, 0.1) is 0 Å². The summed E-state index contributed by atoms with van der Waals surface area (Å²) in [6.45, 7) is 0. The molecule has 3 rings (SSSR count). The van der Waals surface area contributed by atoms with E-state index in [0.29, 0.717) is 24.2 Å². The average Bonchev–Trinajstić information content (AvgIpc) is 3.11. The molecule has 0 unspecified atom stereocenters. The van der Waals surface area contributed by atoms with Crippen molar-refractivity contribution in [3.8, 4) is 11.3 Å². The number of anilines is 2. The Balaban J connectivity index is 1.51. The van der Waals surface area contributed by atoms with Crippen LogP contribution in [0, 0.1) is 0 Å². The lowest BCUT2D eigenvalue weighted by atomic mass is 10.2. The first-order valence-corrected chi connectivity index (χ1v) is 8.21. The molecule has 0 aliphatic rings. The summed E-state index contributed by atoms with van der Waals surface area (Å²) in [6.07, 6.45) is 0.822. The minimum Gasteiger partial charge on any atom is -0.461 e. The van der Waals surface area contributed by atoms with Crippen LogP contribution in [0.5, 0.6) is 0 Å². The molecule has 26 heavy (non-hydrogen) atoms. The van der Waals surface area contributed by atoms with Crippen molar-refractivity contribution in [2.45, 2.75) is 12.8 Å². The number of amides is 3. The second kappa shape index (κ2) is 8.02. The number of carbonyl (C=O) groups is 2. The van der Waals surface area contributed by atoms with Gasteiger partial charge in [0.2, 0.25) is 5.91 Å². The summed E-state index contributed by atoms with van der Waals surface area (Å²) in [6, 6.07) is 19.7. The minimum absolute atomic E-state index is 0.113. The lowest BCUT2D eigenvalue weighted by Crippen LogP contribution is -2.19. The molecule has 3 amide bonds. The summed E-state index contributed by atoms with van der Waals surface area (Å²) < 4.78 is 5.79. The fourth-order valence-electron chi connectivity index (χ4n) is 2.51. The molecule has 0 fully saturated rings. The van der Waals surface area contributed by atoms with E-state index in [4.69, 9.17) is 10.2 Å². The van der Waals surface area contributed by atoms with Gasteiger partial charge in [0.15, 0.2) is 0 Å². The van der Waals surface area contributed by atoms with Crippen molar-refractivity contribution < 1.29 is 14.0 Å². The molecule has 0 radical (unpaired) electrons. The molecule has 2 aromatic carbocycles. The van der Waals surface area contributed by atoms with Gasteiger partial charge in [-0.1, -0.05) is 30.3 Å². The van der Waals surface area contributed by atoms with Crippen molar-refractivity contribution in [3.05, 3.63) is 72.5 Å². The van der Waals surface area contributed by atoms with Gasteiger partial charge >= 0.3 is 6.03 Å². The fourth-order valence-corrected chi connectivity index (χ4v) is 2.51. The van der Waals surface area contributed by atoms with Gasteiger partial charge in [-0.3, -0.25) is 4.79 Å². The summed E-state index contributed by atoms with van der Waals surface area (Å²) in [7, 11) is 0. The highest BCUT2D eigenvalue weighted by Crippen LogP contribution is 2.22. The van der Waals surface area contributed by atoms with Crippen LogP contribution in [0.4, 0.5) is 16.2 Å². The third kappa shape index (κ3) is 4.73. The van der Waals surface area contributed by atoms with Gasteiger partial charge in [0.25, 0.3) is 0 Å². The number of rotatable bonds is 6. The van der Waals surface area contributed by atoms with E-state index in [9.17, 15) is 9.59 Å². The molecule has 132 valence electrons. The fraction of sp³-hybridized carbons (Fsp3) is 0.100. The quantitative estimate of drug-likeness (QED) is 0.627. The topological polar surface area (TPSA) is 97.4 Å². The molecule has 4 N–H and O–H groups in total. The second-order valence-electron chi connectivity index (χ2n) is 5.75. The highest BCUT2D eigenvalue weighted by molar-refractivity contribution is 5.92. The smallest absolute Gasteiger partial charge is 0.316 e. The van der Waals surface area contributed by atoms with Crippen LogP contribution in [0.2, 0.25) is 0 Å². The number of urea groups is 1. The number of hydrogen-bond donors (Lipinski definition) is 3. The molecular formula is C20H19N3O3. The lowest BCUT2D eigenvalue weighted by Gasteiger charge is -2.06. The standard InChI is InChI=1S/C20H19N3O3/c21-20(25)23-16-8-6-15(7-9-16)22-19(24)13-11-17-10-12-18(26-17)14-4-2-1-3-5-14/h1-10,12H,11,13H2,(H,22,24)(H3,21,23,25). The summed E-state index contributed by atoms with van der Waals surface area (Å²) in [5, 5.41) is 5.27. The van der Waals surface area contributed by atoms with Crippen LogP contribution >= 0.6 is 0 Å². The van der Waals surface area contributed by atoms with Crippen LogP contribution in [0.25, 0.3) is 11.3 Å². The monoisotopic (exact) mass is 349 g/mol. The van der Waals surface area contributed by atoms with E-state index >= 15 is 0 Å². The van der Waals surface area contributed by atoms with Crippen molar-refractivity contribution in [2.24, 2.45) is 5.73 Å². The highest BCUT2D eigenvalue weighted by Gasteiger charge is 2.08. The van der Waals surface area contributed by atoms with Gasteiger partial charge in [-0.25, -0.2) is 4.79 Å². The predicted molar refractivity (Wildman–Crippen MR) is 101 cm³/mol. The van der Waals surface area contributed by atoms with E-state index in [1.807, 2.05) is 42.5 Å². The summed E-state index contributed by atoms with van der Waals surface area (Å²) in [4.78, 5) is 22.9. The number of nitrogens with one attached hydrogen (secondary N) is 2. The van der Waals surface area contributed by atoms with E-state index < -0.39 is 6.03 Å². The van der Waals surface area contributed by atoms with Crippen LogP contribution < -0.4 is 16.4 Å². The van der Waals surface area contributed by atoms with Gasteiger partial charge in [-0.2, -0.15) is 0 Å². The molecule has 6 heteroatoms. The maximum Gasteiger partial charge on any atom is 0.316 e. The van der Waals surface area contributed by atoms with Crippen LogP contribution in [-0.4, -0.2) is 11.9 Å². The summed E-state index contributed by atoms with van der Waals surface area (Å²) in [5.74, 6) is 1.44. The molecule has 0 bridgehead atoms. The molecule has 0 spiro atoms.